The predicted octanol–water partition coefficient (Wildman–Crippen LogP) is 0.756. The molecule has 1 aliphatic rings. The molecule has 1 fully saturated rings. The maximum absolute atomic E-state index is 12.8. The van der Waals surface area contributed by atoms with Crippen LogP contribution < -0.4 is 5.32 Å². The van der Waals surface area contributed by atoms with Gasteiger partial charge in [-0.2, -0.15) is 0 Å². The number of hydrogen-bond acceptors (Lipinski definition) is 2. The molecule has 0 aliphatic carbocycles. The number of aliphatic hydroxyl groups is 1. The average Bonchev–Trinajstić information content (AvgIpc) is 2.06. The Hall–Kier alpha value is -1.00. The Labute approximate surface area is 74.2 Å². The SMILES string of the molecule is OC1(c2ccc(F)c(F)c2)CNC1. The predicted molar refractivity (Wildman–Crippen MR) is 43.1 cm³/mol. The largest absolute Gasteiger partial charge is 0.382 e. The molecule has 4 heteroatoms. The summed E-state index contributed by atoms with van der Waals surface area (Å²) >= 11 is 0. The molecule has 0 saturated carbocycles. The molecule has 2 nitrogen and oxygen atoms in total. The summed E-state index contributed by atoms with van der Waals surface area (Å²) in [6.45, 7) is 0.774. The number of hydrogen-bond donors (Lipinski definition) is 2. The van der Waals surface area contributed by atoms with Gasteiger partial charge in [0.1, 0.15) is 5.60 Å². The third-order valence-corrected chi connectivity index (χ3v) is 2.29. The Morgan fingerprint density at radius 2 is 1.92 bits per heavy atom. The van der Waals surface area contributed by atoms with Gasteiger partial charge in [0.05, 0.1) is 0 Å². The summed E-state index contributed by atoms with van der Waals surface area (Å²) in [5.74, 6) is -1.81. The average molecular weight is 185 g/mol. The monoisotopic (exact) mass is 185 g/mol. The molecule has 0 radical (unpaired) electrons. The van der Waals surface area contributed by atoms with Crippen molar-refractivity contribution < 1.29 is 13.9 Å². The standard InChI is InChI=1S/C9H9F2NO/c10-7-2-1-6(3-8(7)11)9(13)4-12-5-9/h1-3,12-13H,4-5H2. The van der Waals surface area contributed by atoms with E-state index < -0.39 is 17.2 Å². The normalized spacial score (nSPS) is 19.6. The minimum atomic E-state index is -1.02. The molecule has 1 aliphatic heterocycles. The van der Waals surface area contributed by atoms with Crippen LogP contribution in [0, 0.1) is 11.6 Å². The van der Waals surface area contributed by atoms with E-state index in [1.54, 1.807) is 0 Å². The van der Waals surface area contributed by atoms with Gasteiger partial charge in [0.2, 0.25) is 0 Å². The van der Waals surface area contributed by atoms with Crippen LogP contribution in [0.1, 0.15) is 5.56 Å². The summed E-state index contributed by atoms with van der Waals surface area (Å²) in [6, 6.07) is 3.47. The van der Waals surface area contributed by atoms with Crippen molar-refractivity contribution >= 4 is 0 Å². The summed E-state index contributed by atoms with van der Waals surface area (Å²) in [5.41, 5.74) is -0.598. The summed E-state index contributed by atoms with van der Waals surface area (Å²) < 4.78 is 25.3. The Bertz CT molecular complexity index is 336. The molecular weight excluding hydrogens is 176 g/mol. The van der Waals surface area contributed by atoms with E-state index in [0.717, 1.165) is 12.1 Å². The van der Waals surface area contributed by atoms with Crippen molar-refractivity contribution in [2.75, 3.05) is 13.1 Å². The number of benzene rings is 1. The fourth-order valence-electron chi connectivity index (χ4n) is 1.35. The minimum absolute atomic E-state index is 0.387. The van der Waals surface area contributed by atoms with Crippen molar-refractivity contribution in [2.45, 2.75) is 5.60 Å². The van der Waals surface area contributed by atoms with Crippen molar-refractivity contribution in [1.29, 1.82) is 0 Å². The van der Waals surface area contributed by atoms with Gasteiger partial charge < -0.3 is 10.4 Å². The molecule has 2 rings (SSSR count). The number of rotatable bonds is 1. The van der Waals surface area contributed by atoms with E-state index >= 15 is 0 Å². The van der Waals surface area contributed by atoms with Crippen LogP contribution in [0.5, 0.6) is 0 Å². The van der Waals surface area contributed by atoms with E-state index in [0.29, 0.717) is 18.7 Å². The van der Waals surface area contributed by atoms with E-state index in [9.17, 15) is 13.9 Å². The maximum Gasteiger partial charge on any atom is 0.159 e. The van der Waals surface area contributed by atoms with Gasteiger partial charge in [0, 0.05) is 13.1 Å². The topological polar surface area (TPSA) is 32.3 Å². The molecule has 0 bridgehead atoms. The van der Waals surface area contributed by atoms with Crippen LogP contribution in [0.2, 0.25) is 0 Å². The number of β-amino-alcohol motifs (C(OH)–C–C–N with tert-alkyl or cyclic N) is 1. The van der Waals surface area contributed by atoms with Crippen LogP contribution in [0.3, 0.4) is 0 Å². The molecule has 1 aromatic rings. The molecule has 0 unspecified atom stereocenters. The molecule has 0 aromatic heterocycles. The van der Waals surface area contributed by atoms with Gasteiger partial charge >= 0.3 is 0 Å². The summed E-state index contributed by atoms with van der Waals surface area (Å²) in [5, 5.41) is 12.6. The van der Waals surface area contributed by atoms with Crippen LogP contribution in [0.15, 0.2) is 18.2 Å². The summed E-state index contributed by atoms with van der Waals surface area (Å²) in [6.07, 6.45) is 0. The first kappa shape index (κ1) is 8.59. The van der Waals surface area contributed by atoms with Crippen LogP contribution in [-0.4, -0.2) is 18.2 Å². The van der Waals surface area contributed by atoms with Crippen molar-refractivity contribution in [3.05, 3.63) is 35.4 Å². The van der Waals surface area contributed by atoms with Gasteiger partial charge in [0.15, 0.2) is 11.6 Å². The highest BCUT2D eigenvalue weighted by atomic mass is 19.2. The van der Waals surface area contributed by atoms with Gasteiger partial charge in [-0.3, -0.25) is 0 Å². The lowest BCUT2D eigenvalue weighted by Crippen LogP contribution is -2.56. The molecule has 1 saturated heterocycles. The quantitative estimate of drug-likeness (QED) is 0.676. The zero-order chi connectivity index (χ0) is 9.47. The van der Waals surface area contributed by atoms with Gasteiger partial charge in [0.25, 0.3) is 0 Å². The highest BCUT2D eigenvalue weighted by Gasteiger charge is 2.36. The molecule has 0 amide bonds. The Balaban J connectivity index is 2.36. The first-order valence-corrected chi connectivity index (χ1v) is 4.00. The lowest BCUT2D eigenvalue weighted by Gasteiger charge is -2.38. The highest BCUT2D eigenvalue weighted by molar-refractivity contribution is 5.27. The molecular formula is C9H9F2NO. The van der Waals surface area contributed by atoms with Crippen LogP contribution in [0.4, 0.5) is 8.78 Å². The second-order valence-corrected chi connectivity index (χ2v) is 3.26. The second-order valence-electron chi connectivity index (χ2n) is 3.26. The smallest absolute Gasteiger partial charge is 0.159 e. The fourth-order valence-corrected chi connectivity index (χ4v) is 1.35. The van der Waals surface area contributed by atoms with Crippen molar-refractivity contribution in [3.8, 4) is 0 Å². The maximum atomic E-state index is 12.8. The van der Waals surface area contributed by atoms with E-state index in [1.807, 2.05) is 0 Å². The first-order chi connectivity index (χ1) is 6.12. The number of nitrogens with one attached hydrogen (secondary N) is 1. The van der Waals surface area contributed by atoms with Crippen LogP contribution in [0.25, 0.3) is 0 Å². The van der Waals surface area contributed by atoms with Crippen molar-refractivity contribution in [1.82, 2.24) is 5.32 Å². The molecule has 2 N–H and O–H groups in total. The van der Waals surface area contributed by atoms with Gasteiger partial charge in [-0.05, 0) is 17.7 Å². The molecule has 70 valence electrons. The summed E-state index contributed by atoms with van der Waals surface area (Å²) in [7, 11) is 0. The van der Waals surface area contributed by atoms with Crippen LogP contribution >= 0.6 is 0 Å². The van der Waals surface area contributed by atoms with Gasteiger partial charge in [-0.25, -0.2) is 8.78 Å². The molecule has 13 heavy (non-hydrogen) atoms. The van der Waals surface area contributed by atoms with E-state index in [1.165, 1.54) is 6.07 Å². The second kappa shape index (κ2) is 2.75. The zero-order valence-corrected chi connectivity index (χ0v) is 6.85. The number of halogens is 2. The summed E-state index contributed by atoms with van der Waals surface area (Å²) in [4.78, 5) is 0. The molecule has 1 heterocycles. The molecule has 0 spiro atoms. The van der Waals surface area contributed by atoms with Gasteiger partial charge in [-0.1, -0.05) is 6.07 Å². The fraction of sp³-hybridized carbons (Fsp3) is 0.333. The molecule has 0 atom stereocenters. The molecule has 1 aromatic carbocycles. The van der Waals surface area contributed by atoms with Crippen molar-refractivity contribution in [2.24, 2.45) is 0 Å². The first-order valence-electron chi connectivity index (χ1n) is 4.00. The van der Waals surface area contributed by atoms with E-state index in [2.05, 4.69) is 5.32 Å². The Kier molecular flexibility index (Phi) is 1.82. The highest BCUT2D eigenvalue weighted by Crippen LogP contribution is 2.26. The third kappa shape index (κ3) is 1.32. The Morgan fingerprint density at radius 1 is 1.23 bits per heavy atom. The lowest BCUT2D eigenvalue weighted by atomic mass is 9.88. The minimum Gasteiger partial charge on any atom is -0.382 e. The van der Waals surface area contributed by atoms with E-state index in [-0.39, 0.29) is 0 Å². The van der Waals surface area contributed by atoms with Gasteiger partial charge in [-0.15, -0.1) is 0 Å². The zero-order valence-electron chi connectivity index (χ0n) is 6.85. The Morgan fingerprint density at radius 3 is 2.38 bits per heavy atom. The van der Waals surface area contributed by atoms with E-state index in [4.69, 9.17) is 0 Å². The lowest BCUT2D eigenvalue weighted by molar-refractivity contribution is -0.0149. The third-order valence-electron chi connectivity index (χ3n) is 2.29. The van der Waals surface area contributed by atoms with Crippen LogP contribution in [-0.2, 0) is 5.60 Å². The van der Waals surface area contributed by atoms with Crippen molar-refractivity contribution in [3.63, 3.8) is 0 Å².